The van der Waals surface area contributed by atoms with Gasteiger partial charge in [-0.1, -0.05) is 13.8 Å². The molecule has 1 heterocycles. The highest BCUT2D eigenvalue weighted by atomic mass is 16.3. The van der Waals surface area contributed by atoms with Crippen LogP contribution in [0.5, 0.6) is 0 Å². The molecule has 0 bridgehead atoms. The highest BCUT2D eigenvalue weighted by Gasteiger charge is 2.36. The molecule has 0 saturated carbocycles. The summed E-state index contributed by atoms with van der Waals surface area (Å²) in [5, 5.41) is 16.2. The first-order valence-electron chi connectivity index (χ1n) is 6.51. The third-order valence-electron chi connectivity index (χ3n) is 3.35. The molecule has 0 aromatic rings. The predicted octanol–water partition coefficient (Wildman–Crippen LogP) is 1.04. The smallest absolute Gasteiger partial charge is 0.240 e. The van der Waals surface area contributed by atoms with Crippen LogP contribution in [0.1, 0.15) is 47.0 Å². The predicted molar refractivity (Wildman–Crippen MR) is 68.7 cm³/mol. The molecule has 1 aliphatic heterocycles. The highest BCUT2D eigenvalue weighted by molar-refractivity contribution is 5.86. The minimum absolute atomic E-state index is 0.000897. The fourth-order valence-electron chi connectivity index (χ4n) is 2.51. The standard InChI is InChI=1S/C13H26N2O2/c1-10(2)8-12(3,17)9-14-11(16)13(4)6-5-7-15-13/h10,15,17H,5-9H2,1-4H3,(H,14,16). The normalized spacial score (nSPS) is 28.1. The van der Waals surface area contributed by atoms with Gasteiger partial charge in [-0.15, -0.1) is 0 Å². The van der Waals surface area contributed by atoms with Crippen LogP contribution in [0, 0.1) is 5.92 Å². The molecule has 4 nitrogen and oxygen atoms in total. The van der Waals surface area contributed by atoms with Crippen molar-refractivity contribution in [3.63, 3.8) is 0 Å². The average molecular weight is 242 g/mol. The van der Waals surface area contributed by atoms with Crippen molar-refractivity contribution in [1.29, 1.82) is 0 Å². The van der Waals surface area contributed by atoms with E-state index in [-0.39, 0.29) is 5.91 Å². The van der Waals surface area contributed by atoms with E-state index >= 15 is 0 Å². The van der Waals surface area contributed by atoms with Crippen LogP contribution in [0.4, 0.5) is 0 Å². The van der Waals surface area contributed by atoms with Crippen LogP contribution < -0.4 is 10.6 Å². The molecule has 0 spiro atoms. The van der Waals surface area contributed by atoms with E-state index in [1.165, 1.54) is 0 Å². The lowest BCUT2D eigenvalue weighted by Crippen LogP contribution is -2.54. The van der Waals surface area contributed by atoms with Gasteiger partial charge in [-0.2, -0.15) is 0 Å². The summed E-state index contributed by atoms with van der Waals surface area (Å²) in [6.45, 7) is 9.05. The van der Waals surface area contributed by atoms with Crippen molar-refractivity contribution in [2.24, 2.45) is 5.92 Å². The van der Waals surface area contributed by atoms with Crippen LogP contribution in [0.2, 0.25) is 0 Å². The van der Waals surface area contributed by atoms with Crippen LogP contribution in [0.15, 0.2) is 0 Å². The van der Waals surface area contributed by atoms with E-state index in [2.05, 4.69) is 24.5 Å². The zero-order valence-corrected chi connectivity index (χ0v) is 11.5. The summed E-state index contributed by atoms with van der Waals surface area (Å²) in [6.07, 6.45) is 2.59. The number of amides is 1. The molecule has 0 aliphatic carbocycles. The van der Waals surface area contributed by atoms with Gasteiger partial charge in [0.2, 0.25) is 5.91 Å². The van der Waals surface area contributed by atoms with E-state index in [0.717, 1.165) is 19.4 Å². The Hall–Kier alpha value is -0.610. The van der Waals surface area contributed by atoms with Crippen molar-refractivity contribution in [3.8, 4) is 0 Å². The maximum absolute atomic E-state index is 12.0. The number of hydrogen-bond acceptors (Lipinski definition) is 3. The zero-order chi connectivity index (χ0) is 13.1. The van der Waals surface area contributed by atoms with Gasteiger partial charge in [0.25, 0.3) is 0 Å². The molecule has 0 radical (unpaired) electrons. The SMILES string of the molecule is CC(C)CC(C)(O)CNC(=O)C1(C)CCCN1. The third kappa shape index (κ3) is 4.28. The lowest BCUT2D eigenvalue weighted by Gasteiger charge is -2.29. The minimum Gasteiger partial charge on any atom is -0.388 e. The van der Waals surface area contributed by atoms with Crippen LogP contribution in [-0.2, 0) is 4.79 Å². The summed E-state index contributed by atoms with van der Waals surface area (Å²) in [5.74, 6) is 0.418. The number of aliphatic hydroxyl groups is 1. The Balaban J connectivity index is 2.42. The fourth-order valence-corrected chi connectivity index (χ4v) is 2.51. The number of rotatable bonds is 5. The molecule has 1 rings (SSSR count). The first-order chi connectivity index (χ1) is 7.75. The second-order valence-electron chi connectivity index (χ2n) is 6.14. The Morgan fingerprint density at radius 2 is 2.24 bits per heavy atom. The molecule has 1 fully saturated rings. The molecule has 0 aromatic carbocycles. The molecule has 3 N–H and O–H groups in total. The summed E-state index contributed by atoms with van der Waals surface area (Å²) < 4.78 is 0. The maximum Gasteiger partial charge on any atom is 0.240 e. The largest absolute Gasteiger partial charge is 0.388 e. The lowest BCUT2D eigenvalue weighted by molar-refractivity contribution is -0.127. The molecular formula is C13H26N2O2. The highest BCUT2D eigenvalue weighted by Crippen LogP contribution is 2.19. The molecule has 17 heavy (non-hydrogen) atoms. The number of hydrogen-bond donors (Lipinski definition) is 3. The van der Waals surface area contributed by atoms with Gasteiger partial charge in [0.15, 0.2) is 0 Å². The monoisotopic (exact) mass is 242 g/mol. The molecule has 100 valence electrons. The molecule has 4 heteroatoms. The van der Waals surface area contributed by atoms with Crippen molar-refractivity contribution in [1.82, 2.24) is 10.6 Å². The molecule has 1 amide bonds. The van der Waals surface area contributed by atoms with Gasteiger partial charge in [-0.05, 0) is 45.6 Å². The summed E-state index contributed by atoms with van der Waals surface area (Å²) in [4.78, 5) is 12.0. The molecule has 0 aromatic heterocycles. The lowest BCUT2D eigenvalue weighted by atomic mass is 9.93. The maximum atomic E-state index is 12.0. The van der Waals surface area contributed by atoms with Crippen molar-refractivity contribution < 1.29 is 9.90 Å². The number of carbonyl (C=O) groups is 1. The summed E-state index contributed by atoms with van der Waals surface area (Å²) >= 11 is 0. The van der Waals surface area contributed by atoms with E-state index in [1.807, 2.05) is 6.92 Å². The van der Waals surface area contributed by atoms with Gasteiger partial charge in [-0.25, -0.2) is 0 Å². The quantitative estimate of drug-likeness (QED) is 0.675. The van der Waals surface area contributed by atoms with E-state index in [0.29, 0.717) is 18.9 Å². The zero-order valence-electron chi connectivity index (χ0n) is 11.5. The Morgan fingerprint density at radius 1 is 1.59 bits per heavy atom. The van der Waals surface area contributed by atoms with Gasteiger partial charge in [-0.3, -0.25) is 4.79 Å². The van der Waals surface area contributed by atoms with Crippen molar-refractivity contribution in [2.45, 2.75) is 58.1 Å². The van der Waals surface area contributed by atoms with Crippen LogP contribution in [0.25, 0.3) is 0 Å². The van der Waals surface area contributed by atoms with Crippen LogP contribution >= 0.6 is 0 Å². The third-order valence-corrected chi connectivity index (χ3v) is 3.35. The first-order valence-corrected chi connectivity index (χ1v) is 6.51. The number of carbonyl (C=O) groups excluding carboxylic acids is 1. The topological polar surface area (TPSA) is 61.4 Å². The van der Waals surface area contributed by atoms with Crippen LogP contribution in [0.3, 0.4) is 0 Å². The first kappa shape index (κ1) is 14.5. The molecule has 2 unspecified atom stereocenters. The van der Waals surface area contributed by atoms with Crippen LogP contribution in [-0.4, -0.2) is 35.2 Å². The Kier molecular flexibility index (Phi) is 4.55. The summed E-state index contributed by atoms with van der Waals surface area (Å²) in [7, 11) is 0. The van der Waals surface area contributed by atoms with Gasteiger partial charge >= 0.3 is 0 Å². The van der Waals surface area contributed by atoms with Crippen molar-refractivity contribution in [2.75, 3.05) is 13.1 Å². The average Bonchev–Trinajstić information content (AvgIpc) is 2.61. The number of nitrogens with one attached hydrogen (secondary N) is 2. The van der Waals surface area contributed by atoms with E-state index in [9.17, 15) is 9.90 Å². The van der Waals surface area contributed by atoms with Crippen molar-refractivity contribution in [3.05, 3.63) is 0 Å². The van der Waals surface area contributed by atoms with Gasteiger partial charge in [0.1, 0.15) is 0 Å². The Morgan fingerprint density at radius 3 is 2.71 bits per heavy atom. The van der Waals surface area contributed by atoms with Gasteiger partial charge in [0, 0.05) is 6.54 Å². The fraction of sp³-hybridized carbons (Fsp3) is 0.923. The van der Waals surface area contributed by atoms with Crippen molar-refractivity contribution >= 4 is 5.91 Å². The van der Waals surface area contributed by atoms with E-state index in [4.69, 9.17) is 0 Å². The Labute approximate surface area is 104 Å². The van der Waals surface area contributed by atoms with Gasteiger partial charge < -0.3 is 15.7 Å². The minimum atomic E-state index is -0.821. The second kappa shape index (κ2) is 5.36. The van der Waals surface area contributed by atoms with E-state index < -0.39 is 11.1 Å². The molecule has 1 saturated heterocycles. The van der Waals surface area contributed by atoms with E-state index in [1.54, 1.807) is 6.92 Å². The molecule has 1 aliphatic rings. The van der Waals surface area contributed by atoms with Gasteiger partial charge in [0.05, 0.1) is 11.1 Å². The summed E-state index contributed by atoms with van der Waals surface area (Å²) in [5.41, 5.74) is -1.27. The second-order valence-corrected chi connectivity index (χ2v) is 6.14. The summed E-state index contributed by atoms with van der Waals surface area (Å²) in [6, 6.07) is 0. The Bertz CT molecular complexity index is 269. The molecular weight excluding hydrogens is 216 g/mol. The molecule has 2 atom stereocenters.